The molecule has 0 aliphatic heterocycles. The Hall–Kier alpha value is -2.77. The summed E-state index contributed by atoms with van der Waals surface area (Å²) in [5.74, 6) is -6.24. The fraction of sp³-hybridized carbons (Fsp3) is 0.750. The first-order valence-corrected chi connectivity index (χ1v) is 10.7. The molecule has 0 aromatic carbocycles. The summed E-state index contributed by atoms with van der Waals surface area (Å²) in [4.78, 5) is 59.9. The molecule has 0 radical (unpaired) electrons. The van der Waals surface area contributed by atoms with E-state index in [0.29, 0.717) is 12.8 Å². The van der Waals surface area contributed by atoms with Gasteiger partial charge in [-0.15, -0.1) is 0 Å². The topological polar surface area (TPSA) is 205 Å². The zero-order valence-electron chi connectivity index (χ0n) is 18.4. The average molecular weight is 475 g/mol. The molecule has 0 amide bonds. The number of nitrogens with zero attached hydrogens (tertiary/aromatic N) is 2. The molecule has 0 aromatic heterocycles. The molecule has 13 nitrogen and oxygen atoms in total. The molecule has 0 spiro atoms. The van der Waals surface area contributed by atoms with Crippen LogP contribution in [0.2, 0.25) is 0 Å². The van der Waals surface area contributed by atoms with Crippen molar-refractivity contribution in [2.75, 3.05) is 39.3 Å². The third kappa shape index (κ3) is 10.6. The second-order valence-electron chi connectivity index (χ2n) is 8.35. The molecule has 1 aliphatic rings. The molecule has 0 saturated heterocycles. The van der Waals surface area contributed by atoms with Gasteiger partial charge in [0.2, 0.25) is 0 Å². The van der Waals surface area contributed by atoms with E-state index < -0.39 is 68.0 Å². The number of nitrogens with one attached hydrogen (secondary N) is 1. The molecule has 1 unspecified atom stereocenters. The lowest BCUT2D eigenvalue weighted by Crippen LogP contribution is -2.64. The van der Waals surface area contributed by atoms with Gasteiger partial charge in [-0.2, -0.15) is 0 Å². The van der Waals surface area contributed by atoms with Crippen LogP contribution in [0, 0.1) is 0 Å². The third-order valence-corrected chi connectivity index (χ3v) is 5.78. The molecule has 6 N–H and O–H groups in total. The summed E-state index contributed by atoms with van der Waals surface area (Å²) >= 11 is 0. The summed E-state index contributed by atoms with van der Waals surface area (Å²) in [5.41, 5.74) is -1.46. The van der Waals surface area contributed by atoms with E-state index in [1.54, 1.807) is 4.90 Å². The molecule has 13 heteroatoms. The Bertz CT molecular complexity index is 694. The largest absolute Gasteiger partial charge is 0.481 e. The lowest BCUT2D eigenvalue weighted by Gasteiger charge is -2.47. The van der Waals surface area contributed by atoms with Gasteiger partial charge in [-0.1, -0.05) is 19.3 Å². The van der Waals surface area contributed by atoms with Crippen LogP contribution < -0.4 is 5.32 Å². The number of hydrogen-bond donors (Lipinski definition) is 6. The first kappa shape index (κ1) is 28.3. The summed E-state index contributed by atoms with van der Waals surface area (Å²) in [6.07, 6.45) is 3.47. The van der Waals surface area contributed by atoms with Crippen molar-refractivity contribution in [2.24, 2.45) is 0 Å². The fourth-order valence-corrected chi connectivity index (χ4v) is 4.36. The normalized spacial score (nSPS) is 16.4. The number of carboxylic acid groups (broad SMARTS) is 5. The number of carboxylic acids is 5. The highest BCUT2D eigenvalue weighted by Gasteiger charge is 2.42. The fourth-order valence-electron chi connectivity index (χ4n) is 4.36. The van der Waals surface area contributed by atoms with Gasteiger partial charge in [-0.3, -0.25) is 33.8 Å². The van der Waals surface area contributed by atoms with Gasteiger partial charge in [0.25, 0.3) is 0 Å². The monoisotopic (exact) mass is 475 g/mol. The van der Waals surface area contributed by atoms with Crippen LogP contribution in [0.5, 0.6) is 0 Å². The molecule has 33 heavy (non-hydrogen) atoms. The Balaban J connectivity index is 3.45. The highest BCUT2D eigenvalue weighted by Crippen LogP contribution is 2.29. The van der Waals surface area contributed by atoms with E-state index in [0.717, 1.165) is 24.2 Å². The molecular formula is C20H33N3O10. The summed E-state index contributed by atoms with van der Waals surface area (Å²) < 4.78 is 0. The van der Waals surface area contributed by atoms with Gasteiger partial charge in [0.05, 0.1) is 26.2 Å². The molecule has 1 saturated carbocycles. The van der Waals surface area contributed by atoms with Crippen molar-refractivity contribution in [3.63, 3.8) is 0 Å². The Morgan fingerprint density at radius 2 is 1.30 bits per heavy atom. The van der Waals surface area contributed by atoms with E-state index in [-0.39, 0.29) is 25.6 Å². The van der Waals surface area contributed by atoms with Crippen molar-refractivity contribution in [3.05, 3.63) is 0 Å². The molecule has 1 aliphatic carbocycles. The molecule has 0 bridgehead atoms. The van der Waals surface area contributed by atoms with Gasteiger partial charge in [0.1, 0.15) is 0 Å². The smallest absolute Gasteiger partial charge is 0.317 e. The summed E-state index contributed by atoms with van der Waals surface area (Å²) in [6.45, 7) is -2.78. The van der Waals surface area contributed by atoms with Gasteiger partial charge in [0.15, 0.2) is 0 Å². The van der Waals surface area contributed by atoms with E-state index in [1.807, 2.05) is 0 Å². The van der Waals surface area contributed by atoms with Gasteiger partial charge < -0.3 is 30.8 Å². The summed E-state index contributed by atoms with van der Waals surface area (Å²) in [7, 11) is 0. The first-order chi connectivity index (χ1) is 15.4. The molecule has 188 valence electrons. The summed E-state index contributed by atoms with van der Waals surface area (Å²) in [5, 5.41) is 49.2. The van der Waals surface area contributed by atoms with Crippen molar-refractivity contribution in [3.8, 4) is 0 Å². The maximum absolute atomic E-state index is 11.6. The Kier molecular flexibility index (Phi) is 11.7. The van der Waals surface area contributed by atoms with Crippen LogP contribution in [0.25, 0.3) is 0 Å². The molecule has 1 rings (SSSR count). The highest BCUT2D eigenvalue weighted by molar-refractivity contribution is 5.73. The minimum Gasteiger partial charge on any atom is -0.481 e. The van der Waals surface area contributed by atoms with Gasteiger partial charge in [-0.05, 0) is 19.3 Å². The van der Waals surface area contributed by atoms with Gasteiger partial charge >= 0.3 is 29.8 Å². The van der Waals surface area contributed by atoms with Crippen molar-refractivity contribution in [1.29, 1.82) is 0 Å². The number of hydrogen-bond acceptors (Lipinski definition) is 8. The van der Waals surface area contributed by atoms with Gasteiger partial charge in [0, 0.05) is 31.1 Å². The quantitative estimate of drug-likeness (QED) is 0.156. The van der Waals surface area contributed by atoms with E-state index in [4.69, 9.17) is 5.11 Å². The zero-order valence-corrected chi connectivity index (χ0v) is 18.4. The van der Waals surface area contributed by atoms with Crippen LogP contribution in [0.3, 0.4) is 0 Å². The van der Waals surface area contributed by atoms with Crippen LogP contribution in [0.15, 0.2) is 0 Å². The van der Waals surface area contributed by atoms with Crippen LogP contribution in [0.4, 0.5) is 0 Å². The maximum Gasteiger partial charge on any atom is 0.317 e. The van der Waals surface area contributed by atoms with Crippen LogP contribution in [-0.2, 0) is 24.0 Å². The second kappa shape index (κ2) is 13.7. The maximum atomic E-state index is 11.6. The third-order valence-electron chi connectivity index (χ3n) is 5.78. The predicted molar refractivity (Wildman–Crippen MR) is 113 cm³/mol. The van der Waals surface area contributed by atoms with E-state index in [2.05, 4.69) is 5.32 Å². The lowest BCUT2D eigenvalue weighted by molar-refractivity contribution is -0.148. The Morgan fingerprint density at radius 3 is 1.76 bits per heavy atom. The minimum absolute atomic E-state index is 0.134. The first-order valence-electron chi connectivity index (χ1n) is 10.7. The van der Waals surface area contributed by atoms with Crippen LogP contribution in [0.1, 0.15) is 44.9 Å². The Labute approximate surface area is 191 Å². The number of carbonyl (C=O) groups is 5. The minimum atomic E-state index is -1.46. The molecule has 0 aromatic rings. The van der Waals surface area contributed by atoms with E-state index in [9.17, 15) is 44.4 Å². The molecule has 1 atom stereocenters. The average Bonchev–Trinajstić information content (AvgIpc) is 2.70. The molecule has 0 heterocycles. The Morgan fingerprint density at radius 1 is 0.758 bits per heavy atom. The molecule has 1 fully saturated rings. The SMILES string of the molecule is O=C(O)CCC(CNCC(=O)O)(CN(CC(=O)O)C1CCCCC1)N(CC(=O)O)CC(=O)O. The standard InChI is InChI=1S/C20H33N3O10/c24-15(25)6-7-20(12-21-8-16(26)27,23(10-18(30)31)11-19(32)33)13-22(9-17(28)29)14-4-2-1-3-5-14/h14,21H,1-13H2,(H,24,25)(H,26,27)(H,28,29)(H,30,31)(H,32,33). The van der Waals surface area contributed by atoms with Crippen LogP contribution >= 0.6 is 0 Å². The van der Waals surface area contributed by atoms with E-state index >= 15 is 0 Å². The number of rotatable bonds is 17. The van der Waals surface area contributed by atoms with Crippen molar-refractivity contribution in [1.82, 2.24) is 15.1 Å². The number of aliphatic carboxylic acids is 5. The summed E-state index contributed by atoms with van der Waals surface area (Å²) in [6, 6.07) is -0.157. The predicted octanol–water partition coefficient (Wildman–Crippen LogP) is -0.545. The zero-order chi connectivity index (χ0) is 25.0. The van der Waals surface area contributed by atoms with Crippen molar-refractivity contribution in [2.45, 2.75) is 56.5 Å². The van der Waals surface area contributed by atoms with E-state index in [1.165, 1.54) is 0 Å². The highest BCUT2D eigenvalue weighted by atomic mass is 16.4. The van der Waals surface area contributed by atoms with Crippen molar-refractivity contribution < 1.29 is 49.5 Å². The second-order valence-corrected chi connectivity index (χ2v) is 8.35. The van der Waals surface area contributed by atoms with Crippen molar-refractivity contribution >= 4 is 29.8 Å². The van der Waals surface area contributed by atoms with Crippen LogP contribution in [-0.4, -0.2) is 116 Å². The lowest BCUT2D eigenvalue weighted by atomic mass is 9.87. The van der Waals surface area contributed by atoms with Gasteiger partial charge in [-0.25, -0.2) is 0 Å². The molecular weight excluding hydrogens is 442 g/mol.